The first kappa shape index (κ1) is 22.5. The van der Waals surface area contributed by atoms with Crippen molar-refractivity contribution in [1.82, 2.24) is 4.98 Å². The molecule has 0 fully saturated rings. The second-order valence-electron chi connectivity index (χ2n) is 6.88. The number of hydrogen-bond donors (Lipinski definition) is 1. The lowest BCUT2D eigenvalue weighted by atomic mass is 10.0. The van der Waals surface area contributed by atoms with Crippen molar-refractivity contribution in [2.75, 3.05) is 6.61 Å². The highest BCUT2D eigenvalue weighted by Gasteiger charge is 2.09. The van der Waals surface area contributed by atoms with Crippen molar-refractivity contribution in [3.05, 3.63) is 65.9 Å². The zero-order chi connectivity index (χ0) is 19.9. The summed E-state index contributed by atoms with van der Waals surface area (Å²) in [5.74, 6) is 0.787. The minimum Gasteiger partial charge on any atom is -0.493 e. The Labute approximate surface area is 177 Å². The molecular formula is C23H26ClNO4. The first-order valence-electron chi connectivity index (χ1n) is 9.47. The Hall–Kier alpha value is -2.79. The summed E-state index contributed by atoms with van der Waals surface area (Å²) in [6, 6.07) is 15.6. The Morgan fingerprint density at radius 3 is 2.72 bits per heavy atom. The molecule has 154 valence electrons. The van der Waals surface area contributed by atoms with Crippen molar-refractivity contribution in [3.63, 3.8) is 0 Å². The fourth-order valence-electron chi connectivity index (χ4n) is 3.07. The summed E-state index contributed by atoms with van der Waals surface area (Å²) in [6.45, 7) is 4.53. The fourth-order valence-corrected chi connectivity index (χ4v) is 3.07. The van der Waals surface area contributed by atoms with Crippen LogP contribution in [0.3, 0.4) is 0 Å². The maximum absolute atomic E-state index is 10.7. The van der Waals surface area contributed by atoms with Crippen molar-refractivity contribution in [2.24, 2.45) is 0 Å². The molecule has 3 aromatic rings. The molecule has 3 rings (SSSR count). The maximum atomic E-state index is 10.7. The van der Waals surface area contributed by atoms with Gasteiger partial charge in [0, 0.05) is 24.4 Å². The van der Waals surface area contributed by atoms with Crippen molar-refractivity contribution < 1.29 is 19.4 Å². The quantitative estimate of drug-likeness (QED) is 0.519. The highest BCUT2D eigenvalue weighted by atomic mass is 35.5. The largest absolute Gasteiger partial charge is 0.493 e. The minimum absolute atomic E-state index is 0. The van der Waals surface area contributed by atoms with E-state index < -0.39 is 5.97 Å². The van der Waals surface area contributed by atoms with E-state index in [0.29, 0.717) is 13.0 Å². The third-order valence-electron chi connectivity index (χ3n) is 4.64. The smallest absolute Gasteiger partial charge is 0.303 e. The molecule has 29 heavy (non-hydrogen) atoms. The van der Waals surface area contributed by atoms with Crippen LogP contribution in [0.5, 0.6) is 11.5 Å². The summed E-state index contributed by atoms with van der Waals surface area (Å²) in [4.78, 5) is 15.1. The van der Waals surface area contributed by atoms with Crippen LogP contribution in [0.1, 0.15) is 30.9 Å². The molecule has 0 spiro atoms. The number of ether oxygens (including phenoxy) is 2. The van der Waals surface area contributed by atoms with E-state index in [1.807, 2.05) is 62.4 Å². The minimum atomic E-state index is -0.782. The van der Waals surface area contributed by atoms with E-state index in [2.05, 4.69) is 4.98 Å². The first-order chi connectivity index (χ1) is 13.5. The number of pyridine rings is 1. The Kier molecular flexibility index (Phi) is 8.28. The lowest BCUT2D eigenvalue weighted by Gasteiger charge is -2.16. The maximum Gasteiger partial charge on any atom is 0.303 e. The standard InChI is InChI=1S/C23H25NO4.ClH/c1-16-15-20(10-8-18(16)9-11-22(25)26)27-14-12-17(2)28-21-7-3-5-19-6-4-13-24-23(19)21;/h3-8,10,13,15,17H,9,11-12,14H2,1-2H3,(H,25,26);1H. The molecule has 1 atom stereocenters. The van der Waals surface area contributed by atoms with Gasteiger partial charge in [-0.2, -0.15) is 0 Å². The number of benzene rings is 2. The van der Waals surface area contributed by atoms with Crippen molar-refractivity contribution in [2.45, 2.75) is 39.2 Å². The van der Waals surface area contributed by atoms with Gasteiger partial charge in [-0.25, -0.2) is 0 Å². The predicted octanol–water partition coefficient (Wildman–Crippen LogP) is 5.22. The van der Waals surface area contributed by atoms with Crippen LogP contribution in [-0.4, -0.2) is 28.8 Å². The summed E-state index contributed by atoms with van der Waals surface area (Å²) >= 11 is 0. The molecule has 2 aromatic carbocycles. The van der Waals surface area contributed by atoms with Gasteiger partial charge in [0.1, 0.15) is 17.0 Å². The van der Waals surface area contributed by atoms with Gasteiger partial charge in [0.15, 0.2) is 0 Å². The normalized spacial score (nSPS) is 11.5. The number of hydrogen-bond acceptors (Lipinski definition) is 4. The molecule has 0 aliphatic carbocycles. The van der Waals surface area contributed by atoms with E-state index in [9.17, 15) is 4.79 Å². The second-order valence-corrected chi connectivity index (χ2v) is 6.88. The molecule has 1 unspecified atom stereocenters. The van der Waals surface area contributed by atoms with Crippen LogP contribution in [0.15, 0.2) is 54.7 Å². The summed E-state index contributed by atoms with van der Waals surface area (Å²) in [5, 5.41) is 9.87. The molecule has 5 nitrogen and oxygen atoms in total. The molecule has 0 radical (unpaired) electrons. The zero-order valence-corrected chi connectivity index (χ0v) is 17.4. The van der Waals surface area contributed by atoms with Crippen molar-refractivity contribution in [3.8, 4) is 11.5 Å². The van der Waals surface area contributed by atoms with Gasteiger partial charge in [0.25, 0.3) is 0 Å². The summed E-state index contributed by atoms with van der Waals surface area (Å²) in [6.07, 6.45) is 3.17. The van der Waals surface area contributed by atoms with E-state index in [4.69, 9.17) is 14.6 Å². The van der Waals surface area contributed by atoms with E-state index in [-0.39, 0.29) is 24.9 Å². The van der Waals surface area contributed by atoms with Gasteiger partial charge in [-0.05, 0) is 55.7 Å². The number of carbonyl (C=O) groups is 1. The van der Waals surface area contributed by atoms with E-state index in [0.717, 1.165) is 39.9 Å². The summed E-state index contributed by atoms with van der Waals surface area (Å²) < 4.78 is 11.9. The van der Waals surface area contributed by atoms with Crippen LogP contribution in [0.25, 0.3) is 10.9 Å². The monoisotopic (exact) mass is 415 g/mol. The number of aryl methyl sites for hydroxylation is 2. The van der Waals surface area contributed by atoms with Crippen molar-refractivity contribution in [1.29, 1.82) is 0 Å². The number of carboxylic acids is 1. The number of aliphatic carboxylic acids is 1. The molecule has 6 heteroatoms. The van der Waals surface area contributed by atoms with Crippen molar-refractivity contribution >= 4 is 29.3 Å². The van der Waals surface area contributed by atoms with Crippen LogP contribution in [0.2, 0.25) is 0 Å². The molecule has 1 aromatic heterocycles. The number of nitrogens with zero attached hydrogens (tertiary/aromatic N) is 1. The number of rotatable bonds is 9. The van der Waals surface area contributed by atoms with Crippen LogP contribution >= 0.6 is 12.4 Å². The Bertz CT molecular complexity index is 955. The van der Waals surface area contributed by atoms with Crippen LogP contribution in [0, 0.1) is 6.92 Å². The number of aromatic nitrogens is 1. The molecule has 1 N–H and O–H groups in total. The highest BCUT2D eigenvalue weighted by molar-refractivity contribution is 5.85. The van der Waals surface area contributed by atoms with Gasteiger partial charge in [-0.15, -0.1) is 12.4 Å². The molecule has 0 bridgehead atoms. The lowest BCUT2D eigenvalue weighted by Crippen LogP contribution is -2.16. The second kappa shape index (κ2) is 10.7. The number of fused-ring (bicyclic) bond motifs is 1. The molecule has 0 aliphatic heterocycles. The molecule has 0 aliphatic rings. The summed E-state index contributed by atoms with van der Waals surface area (Å²) in [5.41, 5.74) is 2.95. The predicted molar refractivity (Wildman–Crippen MR) is 116 cm³/mol. The molecule has 0 saturated carbocycles. The summed E-state index contributed by atoms with van der Waals surface area (Å²) in [7, 11) is 0. The average molecular weight is 416 g/mol. The average Bonchev–Trinajstić information content (AvgIpc) is 2.67. The van der Waals surface area contributed by atoms with Gasteiger partial charge in [-0.1, -0.05) is 24.3 Å². The van der Waals surface area contributed by atoms with E-state index in [1.165, 1.54) is 0 Å². The number of halogens is 1. The topological polar surface area (TPSA) is 68.7 Å². The van der Waals surface area contributed by atoms with Crippen LogP contribution < -0.4 is 9.47 Å². The van der Waals surface area contributed by atoms with Crippen LogP contribution in [0.4, 0.5) is 0 Å². The fraction of sp³-hybridized carbons (Fsp3) is 0.304. The van der Waals surface area contributed by atoms with E-state index >= 15 is 0 Å². The van der Waals surface area contributed by atoms with Crippen LogP contribution in [-0.2, 0) is 11.2 Å². The molecule has 0 saturated heterocycles. The number of para-hydroxylation sites is 1. The van der Waals surface area contributed by atoms with E-state index in [1.54, 1.807) is 6.20 Å². The van der Waals surface area contributed by atoms with Gasteiger partial charge < -0.3 is 14.6 Å². The van der Waals surface area contributed by atoms with Gasteiger partial charge >= 0.3 is 5.97 Å². The third-order valence-corrected chi connectivity index (χ3v) is 4.64. The van der Waals surface area contributed by atoms with Gasteiger partial charge in [0.05, 0.1) is 12.7 Å². The Morgan fingerprint density at radius 2 is 1.97 bits per heavy atom. The Balaban J connectivity index is 0.00000300. The molecule has 1 heterocycles. The SMILES string of the molecule is Cc1cc(OCCC(C)Oc2cccc3cccnc23)ccc1CCC(=O)O.Cl. The number of carboxylic acid groups (broad SMARTS) is 1. The third kappa shape index (κ3) is 6.36. The highest BCUT2D eigenvalue weighted by Crippen LogP contribution is 2.24. The first-order valence-corrected chi connectivity index (χ1v) is 9.47. The lowest BCUT2D eigenvalue weighted by molar-refractivity contribution is -0.136. The van der Waals surface area contributed by atoms with Gasteiger partial charge in [-0.3, -0.25) is 9.78 Å². The molecule has 0 amide bonds. The van der Waals surface area contributed by atoms with Gasteiger partial charge in [0.2, 0.25) is 0 Å². The molecular weight excluding hydrogens is 390 g/mol. The zero-order valence-electron chi connectivity index (χ0n) is 16.6. The Morgan fingerprint density at radius 1 is 1.17 bits per heavy atom.